The van der Waals surface area contributed by atoms with Crippen molar-refractivity contribution in [2.75, 3.05) is 0 Å². The molecule has 0 aromatic heterocycles. The summed E-state index contributed by atoms with van der Waals surface area (Å²) in [6.45, 7) is 0. The number of aromatic hydroxyl groups is 2. The molecule has 4 nitrogen and oxygen atoms in total. The van der Waals surface area contributed by atoms with Gasteiger partial charge in [0.1, 0.15) is 11.5 Å². The highest BCUT2D eigenvalue weighted by atomic mass is 16.3. The van der Waals surface area contributed by atoms with Gasteiger partial charge in [-0.1, -0.05) is 30.3 Å². The van der Waals surface area contributed by atoms with E-state index < -0.39 is 0 Å². The van der Waals surface area contributed by atoms with Crippen LogP contribution >= 0.6 is 0 Å². The number of phenols is 2. The van der Waals surface area contributed by atoms with Crippen LogP contribution < -0.4 is 0 Å². The van der Waals surface area contributed by atoms with E-state index in [1.54, 1.807) is 48.5 Å². The van der Waals surface area contributed by atoms with Crippen molar-refractivity contribution in [3.63, 3.8) is 0 Å². The third-order valence-electron chi connectivity index (χ3n) is 4.22. The molecule has 0 spiro atoms. The fraction of sp³-hybridized carbons (Fsp3) is 0. The smallest absolute Gasteiger partial charge is 0.194 e. The van der Waals surface area contributed by atoms with Crippen LogP contribution in [-0.2, 0) is 0 Å². The molecule has 1 aliphatic rings. The zero-order chi connectivity index (χ0) is 16.8. The van der Waals surface area contributed by atoms with E-state index in [2.05, 4.69) is 0 Å². The van der Waals surface area contributed by atoms with E-state index in [4.69, 9.17) is 0 Å². The van der Waals surface area contributed by atoms with Crippen molar-refractivity contribution >= 4 is 11.6 Å². The van der Waals surface area contributed by atoms with Crippen LogP contribution in [0.5, 0.6) is 11.5 Å². The zero-order valence-electron chi connectivity index (χ0n) is 12.5. The molecule has 0 unspecified atom stereocenters. The minimum absolute atomic E-state index is 0.0469. The Morgan fingerprint density at radius 2 is 1.17 bits per heavy atom. The summed E-state index contributed by atoms with van der Waals surface area (Å²) in [6.07, 6.45) is 0. The Balaban J connectivity index is 1.90. The molecular formula is C20H12O4. The van der Waals surface area contributed by atoms with Crippen LogP contribution in [0.1, 0.15) is 31.8 Å². The van der Waals surface area contributed by atoms with Crippen molar-refractivity contribution in [3.8, 4) is 22.6 Å². The van der Waals surface area contributed by atoms with Crippen LogP contribution in [0.15, 0.2) is 60.7 Å². The molecule has 2 N–H and O–H groups in total. The van der Waals surface area contributed by atoms with Gasteiger partial charge in [0, 0.05) is 33.9 Å². The second kappa shape index (κ2) is 5.06. The summed E-state index contributed by atoms with van der Waals surface area (Å²) in [7, 11) is 0. The minimum Gasteiger partial charge on any atom is -0.508 e. The van der Waals surface area contributed by atoms with E-state index in [0.29, 0.717) is 33.4 Å². The lowest BCUT2D eigenvalue weighted by molar-refractivity contribution is 0.0979. The predicted molar refractivity (Wildman–Crippen MR) is 88.5 cm³/mol. The van der Waals surface area contributed by atoms with Gasteiger partial charge in [-0.3, -0.25) is 9.59 Å². The number of phenolic OH excluding ortho intramolecular Hbond substituents is 2. The van der Waals surface area contributed by atoms with Crippen LogP contribution in [0.4, 0.5) is 0 Å². The van der Waals surface area contributed by atoms with Crippen molar-refractivity contribution in [1.29, 1.82) is 0 Å². The molecular weight excluding hydrogens is 304 g/mol. The van der Waals surface area contributed by atoms with Gasteiger partial charge >= 0.3 is 0 Å². The van der Waals surface area contributed by atoms with Crippen molar-refractivity contribution in [2.24, 2.45) is 0 Å². The van der Waals surface area contributed by atoms with Crippen molar-refractivity contribution in [1.82, 2.24) is 0 Å². The van der Waals surface area contributed by atoms with E-state index in [1.807, 2.05) is 0 Å². The van der Waals surface area contributed by atoms with E-state index in [-0.39, 0.29) is 23.1 Å². The normalized spacial score (nSPS) is 12.7. The minimum atomic E-state index is -0.208. The van der Waals surface area contributed by atoms with Crippen molar-refractivity contribution < 1.29 is 19.8 Å². The van der Waals surface area contributed by atoms with E-state index >= 15 is 0 Å². The molecule has 0 amide bonds. The predicted octanol–water partition coefficient (Wildman–Crippen LogP) is 3.54. The summed E-state index contributed by atoms with van der Waals surface area (Å²) in [5, 5.41) is 19.4. The summed E-state index contributed by atoms with van der Waals surface area (Å²) in [6, 6.07) is 15.9. The lowest BCUT2D eigenvalue weighted by Gasteiger charge is -2.18. The van der Waals surface area contributed by atoms with E-state index in [0.717, 1.165) is 0 Å². The molecule has 0 saturated carbocycles. The average molecular weight is 316 g/mol. The second-order valence-corrected chi connectivity index (χ2v) is 5.67. The topological polar surface area (TPSA) is 74.6 Å². The van der Waals surface area contributed by atoms with Crippen LogP contribution in [0.3, 0.4) is 0 Å². The number of carbonyl (C=O) groups excluding carboxylic acids is 2. The third kappa shape index (κ3) is 2.01. The second-order valence-electron chi connectivity index (χ2n) is 5.67. The lowest BCUT2D eigenvalue weighted by atomic mass is 9.83. The first-order chi connectivity index (χ1) is 11.6. The highest BCUT2D eigenvalue weighted by Crippen LogP contribution is 2.35. The Labute approximate surface area is 137 Å². The number of benzene rings is 3. The van der Waals surface area contributed by atoms with Gasteiger partial charge in [0.25, 0.3) is 0 Å². The van der Waals surface area contributed by atoms with Gasteiger partial charge in [0.15, 0.2) is 11.6 Å². The standard InChI is InChI=1S/C20H12O4/c21-12-6-8-13(18(22)10-12)11-5-7-16-17(9-11)20(24)15-4-2-1-3-14(15)19(16)23/h1-10,21-22H. The molecule has 0 radical (unpaired) electrons. The highest BCUT2D eigenvalue weighted by Gasteiger charge is 2.29. The number of carbonyl (C=O) groups is 2. The fourth-order valence-corrected chi connectivity index (χ4v) is 3.03. The van der Waals surface area contributed by atoms with Gasteiger partial charge in [-0.15, -0.1) is 0 Å². The molecule has 1 aliphatic carbocycles. The maximum Gasteiger partial charge on any atom is 0.194 e. The maximum absolute atomic E-state index is 12.7. The number of ketones is 2. The number of rotatable bonds is 1. The van der Waals surface area contributed by atoms with Gasteiger partial charge < -0.3 is 10.2 Å². The number of hydrogen-bond acceptors (Lipinski definition) is 4. The molecule has 0 heterocycles. The largest absolute Gasteiger partial charge is 0.508 e. The number of fused-ring (bicyclic) bond motifs is 2. The highest BCUT2D eigenvalue weighted by molar-refractivity contribution is 6.28. The Kier molecular flexibility index (Phi) is 3.00. The molecule has 24 heavy (non-hydrogen) atoms. The van der Waals surface area contributed by atoms with Gasteiger partial charge in [0.2, 0.25) is 0 Å². The zero-order valence-corrected chi connectivity index (χ0v) is 12.5. The van der Waals surface area contributed by atoms with E-state index in [9.17, 15) is 19.8 Å². The monoisotopic (exact) mass is 316 g/mol. The molecule has 0 aliphatic heterocycles. The average Bonchev–Trinajstić information content (AvgIpc) is 2.59. The Bertz CT molecular complexity index is 1020. The molecule has 4 heteroatoms. The Morgan fingerprint density at radius 1 is 0.583 bits per heavy atom. The van der Waals surface area contributed by atoms with Gasteiger partial charge in [-0.2, -0.15) is 0 Å². The maximum atomic E-state index is 12.7. The molecule has 116 valence electrons. The lowest BCUT2D eigenvalue weighted by Crippen LogP contribution is -2.20. The van der Waals surface area contributed by atoms with Crippen LogP contribution in [0.25, 0.3) is 11.1 Å². The SMILES string of the molecule is O=C1c2ccccc2C(=O)c2cc(-c3ccc(O)cc3O)ccc21. The molecule has 3 aromatic carbocycles. The van der Waals surface area contributed by atoms with Crippen LogP contribution in [0, 0.1) is 0 Å². The molecule has 0 bridgehead atoms. The van der Waals surface area contributed by atoms with Crippen LogP contribution in [0.2, 0.25) is 0 Å². The fourth-order valence-electron chi connectivity index (χ4n) is 3.03. The summed E-state index contributed by atoms with van der Waals surface area (Å²) in [5.74, 6) is -0.527. The summed E-state index contributed by atoms with van der Waals surface area (Å²) in [4.78, 5) is 25.3. The summed E-state index contributed by atoms with van der Waals surface area (Å²) < 4.78 is 0. The molecule has 3 aromatic rings. The first kappa shape index (κ1) is 14.2. The first-order valence-electron chi connectivity index (χ1n) is 7.41. The van der Waals surface area contributed by atoms with Crippen LogP contribution in [-0.4, -0.2) is 21.8 Å². The van der Waals surface area contributed by atoms with Crippen molar-refractivity contribution in [3.05, 3.63) is 82.9 Å². The molecule has 0 atom stereocenters. The molecule has 0 saturated heterocycles. The first-order valence-corrected chi connectivity index (χ1v) is 7.41. The Hall–Kier alpha value is -3.40. The number of hydrogen-bond donors (Lipinski definition) is 2. The molecule has 4 rings (SSSR count). The van der Waals surface area contributed by atoms with Gasteiger partial charge in [0.05, 0.1) is 0 Å². The quantitative estimate of drug-likeness (QED) is 0.563. The van der Waals surface area contributed by atoms with Gasteiger partial charge in [-0.05, 0) is 29.8 Å². The third-order valence-corrected chi connectivity index (χ3v) is 4.22. The summed E-state index contributed by atoms with van der Waals surface area (Å²) in [5.41, 5.74) is 2.57. The van der Waals surface area contributed by atoms with Crippen molar-refractivity contribution in [2.45, 2.75) is 0 Å². The Morgan fingerprint density at radius 3 is 1.83 bits per heavy atom. The van der Waals surface area contributed by atoms with Gasteiger partial charge in [-0.25, -0.2) is 0 Å². The van der Waals surface area contributed by atoms with E-state index in [1.165, 1.54) is 12.1 Å². The molecule has 0 fully saturated rings. The summed E-state index contributed by atoms with van der Waals surface area (Å²) >= 11 is 0.